The summed E-state index contributed by atoms with van der Waals surface area (Å²) >= 11 is 1.27. The third-order valence-electron chi connectivity index (χ3n) is 6.23. The van der Waals surface area contributed by atoms with E-state index < -0.39 is 0 Å². The standard InChI is InChI=1S/C19H21FN4OS/c1-18(2)13-8-9-19(18,3)16-15(13)23-24-17(22-16)26-10-14(25)21-12-6-4-11(20)5-7-12/h4-7,13H,8-10H2,1-3H3,(H,21,25)/t13-,19+/m1/s1. The third-order valence-corrected chi connectivity index (χ3v) is 7.07. The van der Waals surface area contributed by atoms with Crippen molar-refractivity contribution in [2.24, 2.45) is 5.41 Å². The predicted molar refractivity (Wildman–Crippen MR) is 98.7 cm³/mol. The van der Waals surface area contributed by atoms with Crippen LogP contribution in [0.25, 0.3) is 0 Å². The summed E-state index contributed by atoms with van der Waals surface area (Å²) in [5.41, 5.74) is 2.81. The van der Waals surface area contributed by atoms with E-state index in [1.54, 1.807) is 0 Å². The largest absolute Gasteiger partial charge is 0.325 e. The summed E-state index contributed by atoms with van der Waals surface area (Å²) in [6, 6.07) is 5.69. The minimum absolute atomic E-state index is 0.0224. The van der Waals surface area contributed by atoms with E-state index in [2.05, 4.69) is 36.3 Å². The lowest BCUT2D eigenvalue weighted by molar-refractivity contribution is -0.113. The van der Waals surface area contributed by atoms with Gasteiger partial charge >= 0.3 is 0 Å². The molecule has 5 nitrogen and oxygen atoms in total. The van der Waals surface area contributed by atoms with Crippen molar-refractivity contribution >= 4 is 23.4 Å². The number of nitrogens with zero attached hydrogens (tertiary/aromatic N) is 3. The van der Waals surface area contributed by atoms with Crippen molar-refractivity contribution in [2.45, 2.75) is 50.1 Å². The Kier molecular flexibility index (Phi) is 4.02. The Hall–Kier alpha value is -2.02. The summed E-state index contributed by atoms with van der Waals surface area (Å²) in [4.78, 5) is 16.9. The van der Waals surface area contributed by atoms with Crippen LogP contribution in [0, 0.1) is 11.2 Å². The van der Waals surface area contributed by atoms with Gasteiger partial charge in [-0.25, -0.2) is 9.37 Å². The number of hydrogen-bond donors (Lipinski definition) is 1. The second-order valence-electron chi connectivity index (χ2n) is 7.82. The van der Waals surface area contributed by atoms with E-state index in [0.29, 0.717) is 16.8 Å². The highest BCUT2D eigenvalue weighted by Crippen LogP contribution is 2.66. The van der Waals surface area contributed by atoms with Crippen LogP contribution in [0.1, 0.15) is 50.9 Å². The van der Waals surface area contributed by atoms with Gasteiger partial charge in [-0.05, 0) is 42.5 Å². The summed E-state index contributed by atoms with van der Waals surface area (Å²) in [7, 11) is 0. The van der Waals surface area contributed by atoms with E-state index in [4.69, 9.17) is 4.98 Å². The number of hydrogen-bond acceptors (Lipinski definition) is 5. The number of halogens is 1. The van der Waals surface area contributed by atoms with E-state index >= 15 is 0 Å². The number of thioether (sulfide) groups is 1. The molecule has 1 heterocycles. The molecule has 0 radical (unpaired) electrons. The van der Waals surface area contributed by atoms with Crippen LogP contribution in [0.15, 0.2) is 29.4 Å². The molecule has 26 heavy (non-hydrogen) atoms. The third kappa shape index (κ3) is 2.60. The molecule has 1 aromatic carbocycles. The van der Waals surface area contributed by atoms with Crippen LogP contribution in [-0.2, 0) is 10.2 Å². The monoisotopic (exact) mass is 372 g/mol. The van der Waals surface area contributed by atoms with Gasteiger partial charge in [-0.1, -0.05) is 32.5 Å². The van der Waals surface area contributed by atoms with Crippen LogP contribution in [-0.4, -0.2) is 26.8 Å². The molecule has 2 atom stereocenters. The maximum Gasteiger partial charge on any atom is 0.234 e. The Balaban J connectivity index is 1.45. The summed E-state index contributed by atoms with van der Waals surface area (Å²) in [6.07, 6.45) is 2.25. The molecule has 1 amide bonds. The first-order valence-electron chi connectivity index (χ1n) is 8.74. The Morgan fingerprint density at radius 3 is 2.73 bits per heavy atom. The predicted octanol–water partition coefficient (Wildman–Crippen LogP) is 3.92. The van der Waals surface area contributed by atoms with E-state index in [9.17, 15) is 9.18 Å². The molecule has 2 bridgehead atoms. The van der Waals surface area contributed by atoms with Crippen LogP contribution in [0.2, 0.25) is 0 Å². The number of rotatable bonds is 4. The second-order valence-corrected chi connectivity index (χ2v) is 8.76. The molecule has 2 aromatic rings. The first-order valence-corrected chi connectivity index (χ1v) is 9.73. The van der Waals surface area contributed by atoms with E-state index in [1.165, 1.54) is 36.0 Å². The Morgan fingerprint density at radius 2 is 2.00 bits per heavy atom. The molecule has 2 aliphatic carbocycles. The number of aromatic nitrogens is 3. The topological polar surface area (TPSA) is 67.8 Å². The van der Waals surface area contributed by atoms with Gasteiger partial charge in [0.05, 0.1) is 17.1 Å². The van der Waals surface area contributed by atoms with Crippen molar-refractivity contribution < 1.29 is 9.18 Å². The Morgan fingerprint density at radius 1 is 1.27 bits per heavy atom. The quantitative estimate of drug-likeness (QED) is 0.824. The van der Waals surface area contributed by atoms with Crippen molar-refractivity contribution in [3.05, 3.63) is 41.5 Å². The number of anilines is 1. The smallest absolute Gasteiger partial charge is 0.234 e. The molecule has 0 unspecified atom stereocenters. The first-order chi connectivity index (χ1) is 12.3. The molecule has 0 spiro atoms. The number of nitrogens with one attached hydrogen (secondary N) is 1. The highest BCUT2D eigenvalue weighted by molar-refractivity contribution is 7.99. The molecule has 1 N–H and O–H groups in total. The lowest BCUT2D eigenvalue weighted by atomic mass is 9.70. The SMILES string of the molecule is CC1(C)[C@@H]2CC[C@@]1(C)c1nc(SCC(=O)Nc3ccc(F)cc3)nnc12. The van der Waals surface area contributed by atoms with Gasteiger partial charge in [0.2, 0.25) is 11.1 Å². The van der Waals surface area contributed by atoms with Gasteiger partial charge in [-0.3, -0.25) is 4.79 Å². The van der Waals surface area contributed by atoms with Gasteiger partial charge in [0.1, 0.15) is 5.82 Å². The fourth-order valence-corrected chi connectivity index (χ4v) is 4.87. The van der Waals surface area contributed by atoms with Crippen LogP contribution in [0.3, 0.4) is 0 Å². The maximum absolute atomic E-state index is 12.9. The minimum atomic E-state index is -0.333. The number of fused-ring (bicyclic) bond motifs is 5. The highest BCUT2D eigenvalue weighted by Gasteiger charge is 2.61. The van der Waals surface area contributed by atoms with E-state index in [0.717, 1.165) is 24.2 Å². The van der Waals surface area contributed by atoms with Crippen molar-refractivity contribution in [3.8, 4) is 0 Å². The zero-order valence-electron chi connectivity index (χ0n) is 15.0. The molecule has 1 saturated carbocycles. The molecular formula is C19H21FN4OS. The molecule has 0 aliphatic heterocycles. The number of carbonyl (C=O) groups is 1. The molecule has 136 valence electrons. The molecule has 4 rings (SSSR count). The van der Waals surface area contributed by atoms with Crippen LogP contribution < -0.4 is 5.32 Å². The second kappa shape index (κ2) is 6.01. The van der Waals surface area contributed by atoms with Gasteiger partial charge in [0.25, 0.3) is 0 Å². The maximum atomic E-state index is 12.9. The zero-order chi connectivity index (χ0) is 18.5. The van der Waals surface area contributed by atoms with Crippen molar-refractivity contribution in [1.82, 2.24) is 15.2 Å². The van der Waals surface area contributed by atoms with Gasteiger partial charge in [-0.15, -0.1) is 5.10 Å². The zero-order valence-corrected chi connectivity index (χ0v) is 15.9. The average molecular weight is 372 g/mol. The fourth-order valence-electron chi connectivity index (χ4n) is 4.28. The van der Waals surface area contributed by atoms with E-state index in [-0.39, 0.29) is 28.3 Å². The van der Waals surface area contributed by atoms with Crippen LogP contribution in [0.4, 0.5) is 10.1 Å². The molecular weight excluding hydrogens is 351 g/mol. The normalized spacial score (nSPS) is 25.2. The lowest BCUT2D eigenvalue weighted by Crippen LogP contribution is -2.32. The summed E-state index contributed by atoms with van der Waals surface area (Å²) in [5.74, 6) is 0.0873. The Labute approximate surface area is 156 Å². The molecule has 1 aromatic heterocycles. The molecule has 2 aliphatic rings. The Bertz CT molecular complexity index is 870. The summed E-state index contributed by atoms with van der Waals surface area (Å²) < 4.78 is 12.9. The number of amides is 1. The van der Waals surface area contributed by atoms with Crippen LogP contribution >= 0.6 is 11.8 Å². The molecule has 0 saturated heterocycles. The van der Waals surface area contributed by atoms with Gasteiger partial charge < -0.3 is 5.32 Å². The molecule has 1 fully saturated rings. The van der Waals surface area contributed by atoms with E-state index in [1.807, 2.05) is 0 Å². The van der Waals surface area contributed by atoms with Gasteiger partial charge in [0, 0.05) is 17.0 Å². The van der Waals surface area contributed by atoms with Crippen molar-refractivity contribution in [3.63, 3.8) is 0 Å². The lowest BCUT2D eigenvalue weighted by Gasteiger charge is -2.33. The summed E-state index contributed by atoms with van der Waals surface area (Å²) in [5, 5.41) is 11.9. The van der Waals surface area contributed by atoms with Gasteiger partial charge in [-0.2, -0.15) is 5.10 Å². The van der Waals surface area contributed by atoms with Gasteiger partial charge in [0.15, 0.2) is 0 Å². The molecule has 7 heteroatoms. The van der Waals surface area contributed by atoms with Crippen molar-refractivity contribution in [1.29, 1.82) is 0 Å². The number of benzene rings is 1. The first kappa shape index (κ1) is 17.4. The fraction of sp³-hybridized carbons (Fsp3) is 0.474. The minimum Gasteiger partial charge on any atom is -0.325 e. The average Bonchev–Trinajstić information content (AvgIpc) is 2.94. The highest BCUT2D eigenvalue weighted by atomic mass is 32.2. The summed E-state index contributed by atoms with van der Waals surface area (Å²) in [6.45, 7) is 6.84. The number of carbonyl (C=O) groups excluding carboxylic acids is 1. The van der Waals surface area contributed by atoms with Crippen molar-refractivity contribution in [2.75, 3.05) is 11.1 Å². The van der Waals surface area contributed by atoms with Crippen LogP contribution in [0.5, 0.6) is 0 Å².